The van der Waals surface area contributed by atoms with Gasteiger partial charge in [-0.3, -0.25) is 9.59 Å². The highest BCUT2D eigenvalue weighted by atomic mass is 16.1. The Morgan fingerprint density at radius 3 is 2.06 bits per heavy atom. The van der Waals surface area contributed by atoms with Gasteiger partial charge in [0.1, 0.15) is 5.84 Å². The van der Waals surface area contributed by atoms with Crippen molar-refractivity contribution in [2.75, 3.05) is 20.6 Å². The van der Waals surface area contributed by atoms with Crippen molar-refractivity contribution in [2.24, 2.45) is 21.6 Å². The van der Waals surface area contributed by atoms with E-state index in [1.807, 2.05) is 74.7 Å². The molecule has 0 saturated carbocycles. The first-order valence-corrected chi connectivity index (χ1v) is 11.6. The number of primary amides is 1. The van der Waals surface area contributed by atoms with Gasteiger partial charge in [-0.15, -0.1) is 0 Å². The average Bonchev–Trinajstić information content (AvgIpc) is 2.78. The lowest BCUT2D eigenvalue weighted by Crippen LogP contribution is -2.42. The number of carbonyl (C=O) groups excluding carboxylic acids is 2. The number of amides is 2. The topological polar surface area (TPSA) is 100 Å². The van der Waals surface area contributed by atoms with Crippen molar-refractivity contribution in [1.82, 2.24) is 10.2 Å². The van der Waals surface area contributed by atoms with E-state index in [0.717, 1.165) is 23.1 Å². The molecule has 1 rings (SSSR count). The quantitative estimate of drug-likeness (QED) is 0.403. The molecule has 1 aromatic rings. The van der Waals surface area contributed by atoms with Crippen molar-refractivity contribution in [3.05, 3.63) is 47.2 Å². The van der Waals surface area contributed by atoms with Gasteiger partial charge in [-0.2, -0.15) is 0 Å². The van der Waals surface area contributed by atoms with Crippen LogP contribution in [0, 0.1) is 19.8 Å². The Hall–Kier alpha value is -2.80. The minimum atomic E-state index is -0.429. The van der Waals surface area contributed by atoms with Gasteiger partial charge in [-0.1, -0.05) is 41.2 Å². The summed E-state index contributed by atoms with van der Waals surface area (Å²) in [5.41, 5.74) is 9.12. The van der Waals surface area contributed by atoms with Crippen LogP contribution in [-0.4, -0.2) is 55.9 Å². The maximum Gasteiger partial charge on any atom is 0.248 e. The summed E-state index contributed by atoms with van der Waals surface area (Å²) in [5.74, 6) is -0.141. The van der Waals surface area contributed by atoms with E-state index in [1.165, 1.54) is 6.20 Å². The lowest BCUT2D eigenvalue weighted by molar-refractivity contribution is -0.121. The minimum absolute atomic E-state index is 0.0673. The third-order valence-electron chi connectivity index (χ3n) is 5.00. The van der Waals surface area contributed by atoms with Crippen LogP contribution < -0.4 is 11.1 Å². The fourth-order valence-electron chi connectivity index (χ4n) is 3.22. The Morgan fingerprint density at radius 1 is 1.15 bits per heavy atom. The molecule has 33 heavy (non-hydrogen) atoms. The lowest BCUT2D eigenvalue weighted by atomic mass is 9.93. The van der Waals surface area contributed by atoms with Crippen molar-refractivity contribution < 1.29 is 9.59 Å². The smallest absolute Gasteiger partial charge is 0.248 e. The van der Waals surface area contributed by atoms with E-state index in [1.54, 1.807) is 0 Å². The zero-order valence-electron chi connectivity index (χ0n) is 22.2. The maximum atomic E-state index is 12.4. The van der Waals surface area contributed by atoms with Crippen molar-refractivity contribution >= 4 is 24.4 Å². The number of nitrogens with zero attached hydrogens (tertiary/aromatic N) is 3. The molecule has 0 bridgehead atoms. The number of carbonyl (C=O) groups is 2. The highest BCUT2D eigenvalue weighted by Gasteiger charge is 2.19. The van der Waals surface area contributed by atoms with E-state index in [-0.39, 0.29) is 24.3 Å². The van der Waals surface area contributed by atoms with Gasteiger partial charge >= 0.3 is 0 Å². The van der Waals surface area contributed by atoms with E-state index >= 15 is 0 Å². The Morgan fingerprint density at radius 2 is 1.67 bits per heavy atom. The van der Waals surface area contributed by atoms with E-state index in [2.05, 4.69) is 33.5 Å². The van der Waals surface area contributed by atoms with Crippen LogP contribution in [0.5, 0.6) is 0 Å². The Balaban J connectivity index is 0. The Labute approximate surface area is 201 Å². The number of aliphatic imine (C=N–C) groups is 2. The molecule has 0 aromatic heterocycles. The largest absolute Gasteiger partial charge is 0.366 e. The van der Waals surface area contributed by atoms with Crippen molar-refractivity contribution in [3.8, 4) is 0 Å². The van der Waals surface area contributed by atoms with Crippen LogP contribution in [0.1, 0.15) is 68.1 Å². The number of nitrogens with two attached hydrogens (primary N) is 1. The highest BCUT2D eigenvalue weighted by Crippen LogP contribution is 2.19. The zero-order valence-corrected chi connectivity index (χ0v) is 22.2. The molecule has 0 aliphatic heterocycles. The number of hydrogen-bond donors (Lipinski definition) is 2. The molecule has 0 aliphatic carbocycles. The predicted molar refractivity (Wildman–Crippen MR) is 142 cm³/mol. The number of aryl methyl sites for hydroxylation is 2. The molecule has 186 valence electrons. The van der Waals surface area contributed by atoms with Gasteiger partial charge in [-0.25, -0.2) is 9.98 Å². The molecule has 2 atom stereocenters. The SMILES string of the molecule is C=CN=C(N=C)C(C)CC(=O)NCC(Cc1c(C)cc(C(N)=O)cc1C)N(C)C.CC.CC. The van der Waals surface area contributed by atoms with Gasteiger partial charge in [0.15, 0.2) is 0 Å². The molecule has 7 heteroatoms. The minimum Gasteiger partial charge on any atom is -0.366 e. The van der Waals surface area contributed by atoms with Crippen LogP contribution in [0.2, 0.25) is 0 Å². The summed E-state index contributed by atoms with van der Waals surface area (Å²) in [7, 11) is 3.97. The average molecular weight is 460 g/mol. The number of likely N-dealkylation sites (N-methyl/N-ethyl adjacent to an activating group) is 1. The molecule has 3 N–H and O–H groups in total. The first-order valence-electron chi connectivity index (χ1n) is 11.6. The van der Waals surface area contributed by atoms with E-state index in [0.29, 0.717) is 17.9 Å². The second kappa shape index (κ2) is 17.7. The van der Waals surface area contributed by atoms with Crippen LogP contribution in [0.4, 0.5) is 0 Å². The Bertz CT molecular complexity index is 777. The number of amidine groups is 1. The molecule has 2 unspecified atom stereocenters. The van der Waals surface area contributed by atoms with Gasteiger partial charge < -0.3 is 16.0 Å². The number of nitrogens with one attached hydrogen (secondary N) is 1. The van der Waals surface area contributed by atoms with Gasteiger partial charge in [0.2, 0.25) is 11.8 Å². The summed E-state index contributed by atoms with van der Waals surface area (Å²) in [4.78, 5) is 33.8. The standard InChI is InChI=1S/C22H33N5O2.2C2H6/c1-8-25-22(24-5)16(4)11-20(28)26-13-18(27(6)7)12-19-14(2)9-17(21(23)29)10-15(19)3;2*1-2/h8-10,16,18H,1,5,11-13H2,2-4,6-7H3,(H2,23,29)(H,26,28);2*1-2H3. The number of rotatable bonds is 10. The normalized spacial score (nSPS) is 12.4. The molecule has 7 nitrogen and oxygen atoms in total. The second-order valence-electron chi connectivity index (χ2n) is 7.51. The summed E-state index contributed by atoms with van der Waals surface area (Å²) in [6.07, 6.45) is 2.42. The summed E-state index contributed by atoms with van der Waals surface area (Å²) in [6.45, 7) is 21.4. The van der Waals surface area contributed by atoms with Crippen molar-refractivity contribution in [2.45, 2.75) is 67.3 Å². The maximum absolute atomic E-state index is 12.4. The monoisotopic (exact) mass is 459 g/mol. The van der Waals surface area contributed by atoms with Gasteiger partial charge in [-0.05, 0) is 69.9 Å². The van der Waals surface area contributed by atoms with Crippen molar-refractivity contribution in [3.63, 3.8) is 0 Å². The third-order valence-corrected chi connectivity index (χ3v) is 5.00. The van der Waals surface area contributed by atoms with Gasteiger partial charge in [0.25, 0.3) is 0 Å². The molecule has 0 radical (unpaired) electrons. The molecule has 0 heterocycles. The molecular weight excluding hydrogens is 414 g/mol. The van der Waals surface area contributed by atoms with Crippen LogP contribution in [0.3, 0.4) is 0 Å². The molecule has 0 fully saturated rings. The third kappa shape index (κ3) is 11.6. The zero-order chi connectivity index (χ0) is 26.1. The molecule has 1 aromatic carbocycles. The first-order chi connectivity index (χ1) is 15.6. The number of benzene rings is 1. The van der Waals surface area contributed by atoms with Crippen LogP contribution in [0.15, 0.2) is 34.9 Å². The molecule has 0 saturated heterocycles. The van der Waals surface area contributed by atoms with E-state index in [9.17, 15) is 9.59 Å². The molecule has 0 spiro atoms. The van der Waals surface area contributed by atoms with Crippen molar-refractivity contribution in [1.29, 1.82) is 0 Å². The van der Waals surface area contributed by atoms with Crippen LogP contribution in [-0.2, 0) is 11.2 Å². The fraction of sp³-hybridized carbons (Fsp3) is 0.538. The summed E-state index contributed by atoms with van der Waals surface area (Å²) in [5, 5.41) is 3.01. The fourth-order valence-corrected chi connectivity index (χ4v) is 3.22. The molecular formula is C26H45N5O2. The molecule has 0 aliphatic rings. The first kappa shape index (κ1) is 32.4. The Kier molecular flexibility index (Phi) is 17.4. The van der Waals surface area contributed by atoms with Crippen LogP contribution >= 0.6 is 0 Å². The summed E-state index contributed by atoms with van der Waals surface area (Å²) >= 11 is 0. The summed E-state index contributed by atoms with van der Waals surface area (Å²) < 4.78 is 0. The van der Waals surface area contributed by atoms with Gasteiger partial charge in [0, 0.05) is 36.7 Å². The lowest BCUT2D eigenvalue weighted by Gasteiger charge is -2.26. The summed E-state index contributed by atoms with van der Waals surface area (Å²) in [6, 6.07) is 3.74. The number of hydrogen-bond acceptors (Lipinski definition) is 4. The van der Waals surface area contributed by atoms with Gasteiger partial charge in [0.05, 0.1) is 0 Å². The molecule has 2 amide bonds. The second-order valence-corrected chi connectivity index (χ2v) is 7.51. The van der Waals surface area contributed by atoms with E-state index in [4.69, 9.17) is 5.73 Å². The predicted octanol–water partition coefficient (Wildman–Crippen LogP) is 4.31. The van der Waals surface area contributed by atoms with Crippen LogP contribution in [0.25, 0.3) is 0 Å². The van der Waals surface area contributed by atoms with E-state index < -0.39 is 5.91 Å². The highest BCUT2D eigenvalue weighted by molar-refractivity contribution is 5.93.